The number of H-pyrrole nitrogens is 1. The molecular formula is C13H22N4O3S. The Balaban J connectivity index is 1.93. The van der Waals surface area contributed by atoms with Gasteiger partial charge in [0.15, 0.2) is 5.16 Å². The molecule has 1 fully saturated rings. The number of hydrogen-bond donors (Lipinski definition) is 2. The number of nitrogens with one attached hydrogen (secondary N) is 2. The van der Waals surface area contributed by atoms with Crippen LogP contribution in [0.1, 0.15) is 33.1 Å². The number of carbonyl (C=O) groups excluding carboxylic acids is 1. The smallest absolute Gasteiger partial charge is 0.343 e. The SMILES string of the molecule is CCOC(=O)C(C)(CCSc1n[nH]c(=O)n1C)NC1CC1. The number of ether oxygens (including phenoxy) is 1. The summed E-state index contributed by atoms with van der Waals surface area (Å²) in [4.78, 5) is 23.5. The molecule has 0 saturated heterocycles. The second-order valence-electron chi connectivity index (χ2n) is 5.44. The van der Waals surface area contributed by atoms with Gasteiger partial charge in [0.1, 0.15) is 5.54 Å². The zero-order valence-electron chi connectivity index (χ0n) is 12.6. The Morgan fingerprint density at radius 1 is 1.62 bits per heavy atom. The zero-order chi connectivity index (χ0) is 15.5. The van der Waals surface area contributed by atoms with Gasteiger partial charge in [-0.3, -0.25) is 14.7 Å². The van der Waals surface area contributed by atoms with E-state index in [0.29, 0.717) is 30.0 Å². The van der Waals surface area contributed by atoms with Crippen LogP contribution in [0.4, 0.5) is 0 Å². The van der Waals surface area contributed by atoms with E-state index >= 15 is 0 Å². The molecule has 1 unspecified atom stereocenters. The van der Waals surface area contributed by atoms with Gasteiger partial charge in [0.25, 0.3) is 0 Å². The lowest BCUT2D eigenvalue weighted by atomic mass is 9.99. The van der Waals surface area contributed by atoms with E-state index < -0.39 is 5.54 Å². The van der Waals surface area contributed by atoms with Gasteiger partial charge in [-0.25, -0.2) is 9.89 Å². The van der Waals surface area contributed by atoms with Crippen LogP contribution in [-0.4, -0.2) is 44.7 Å². The Hall–Kier alpha value is -1.28. The largest absolute Gasteiger partial charge is 0.465 e. The maximum absolute atomic E-state index is 12.2. The highest BCUT2D eigenvalue weighted by Gasteiger charge is 2.39. The highest BCUT2D eigenvalue weighted by molar-refractivity contribution is 7.99. The number of esters is 1. The molecule has 1 aliphatic rings. The summed E-state index contributed by atoms with van der Waals surface area (Å²) in [6.45, 7) is 4.07. The molecule has 8 heteroatoms. The average molecular weight is 314 g/mol. The van der Waals surface area contributed by atoms with Gasteiger partial charge in [-0.1, -0.05) is 11.8 Å². The van der Waals surface area contributed by atoms with E-state index in [4.69, 9.17) is 4.74 Å². The second kappa shape index (κ2) is 6.65. The van der Waals surface area contributed by atoms with E-state index in [2.05, 4.69) is 15.5 Å². The fraction of sp³-hybridized carbons (Fsp3) is 0.769. The normalized spacial score (nSPS) is 17.5. The maximum Gasteiger partial charge on any atom is 0.343 e. The molecule has 1 aliphatic carbocycles. The summed E-state index contributed by atoms with van der Waals surface area (Å²) >= 11 is 1.45. The number of nitrogens with zero attached hydrogens (tertiary/aromatic N) is 2. The highest BCUT2D eigenvalue weighted by Crippen LogP contribution is 2.27. The third-order valence-electron chi connectivity index (χ3n) is 3.50. The van der Waals surface area contributed by atoms with Crippen molar-refractivity contribution in [3.8, 4) is 0 Å². The number of thioether (sulfide) groups is 1. The third kappa shape index (κ3) is 4.10. The zero-order valence-corrected chi connectivity index (χ0v) is 13.5. The fourth-order valence-electron chi connectivity index (χ4n) is 2.01. The molecule has 7 nitrogen and oxygen atoms in total. The quantitative estimate of drug-likeness (QED) is 0.541. The van der Waals surface area contributed by atoms with Crippen LogP contribution in [0.3, 0.4) is 0 Å². The number of carbonyl (C=O) groups is 1. The highest BCUT2D eigenvalue weighted by atomic mass is 32.2. The summed E-state index contributed by atoms with van der Waals surface area (Å²) in [5.41, 5.74) is -0.916. The van der Waals surface area contributed by atoms with Gasteiger partial charge >= 0.3 is 11.7 Å². The monoisotopic (exact) mass is 314 g/mol. The summed E-state index contributed by atoms with van der Waals surface area (Å²) in [7, 11) is 1.67. The summed E-state index contributed by atoms with van der Waals surface area (Å²) in [5, 5.41) is 10.3. The predicted octanol–water partition coefficient (Wildman–Crippen LogP) is 0.664. The maximum atomic E-state index is 12.2. The van der Waals surface area contributed by atoms with E-state index in [9.17, 15) is 9.59 Å². The Kier molecular flexibility index (Phi) is 5.10. The van der Waals surface area contributed by atoms with Gasteiger partial charge in [0.2, 0.25) is 0 Å². The van der Waals surface area contributed by atoms with Crippen molar-refractivity contribution in [1.29, 1.82) is 0 Å². The Labute approximate surface area is 127 Å². The Morgan fingerprint density at radius 2 is 2.33 bits per heavy atom. The van der Waals surface area contributed by atoms with Crippen molar-refractivity contribution >= 4 is 17.7 Å². The van der Waals surface area contributed by atoms with Crippen molar-refractivity contribution in [2.45, 2.75) is 49.8 Å². The van der Waals surface area contributed by atoms with Crippen molar-refractivity contribution in [2.75, 3.05) is 12.4 Å². The standard InChI is InChI=1S/C13H22N4O3S/c1-4-20-10(18)13(2,14-9-5-6-9)7-8-21-12-16-15-11(19)17(12)3/h9,14H,4-8H2,1-3H3,(H,15,19). The molecule has 0 aliphatic heterocycles. The van der Waals surface area contributed by atoms with Crippen LogP contribution in [0.5, 0.6) is 0 Å². The van der Waals surface area contributed by atoms with Gasteiger partial charge in [-0.05, 0) is 33.1 Å². The summed E-state index contributed by atoms with van der Waals surface area (Å²) in [5.74, 6) is 0.459. The minimum absolute atomic E-state index is 0.214. The van der Waals surface area contributed by atoms with Crippen LogP contribution in [0.15, 0.2) is 9.95 Å². The van der Waals surface area contributed by atoms with Gasteiger partial charge < -0.3 is 4.74 Å². The van der Waals surface area contributed by atoms with Gasteiger partial charge in [-0.15, -0.1) is 5.10 Å². The van der Waals surface area contributed by atoms with E-state index in [1.54, 1.807) is 7.05 Å². The van der Waals surface area contributed by atoms with E-state index in [0.717, 1.165) is 12.8 Å². The fourth-order valence-corrected chi connectivity index (χ4v) is 3.09. The van der Waals surface area contributed by atoms with Crippen molar-refractivity contribution in [3.05, 3.63) is 10.5 Å². The van der Waals surface area contributed by atoms with Crippen LogP contribution in [-0.2, 0) is 16.6 Å². The molecule has 118 valence electrons. The number of hydrogen-bond acceptors (Lipinski definition) is 6. The Bertz CT molecular complexity index is 552. The first kappa shape index (κ1) is 16.1. The van der Waals surface area contributed by atoms with Crippen molar-refractivity contribution < 1.29 is 9.53 Å². The summed E-state index contributed by atoms with van der Waals surface area (Å²) in [6, 6.07) is 0.416. The van der Waals surface area contributed by atoms with Gasteiger partial charge in [0, 0.05) is 18.8 Å². The number of aromatic amines is 1. The molecule has 1 aromatic heterocycles. The van der Waals surface area contributed by atoms with E-state index in [-0.39, 0.29) is 11.7 Å². The van der Waals surface area contributed by atoms with Crippen LogP contribution in [0, 0.1) is 0 Å². The molecule has 1 atom stereocenters. The molecule has 2 N–H and O–H groups in total. The van der Waals surface area contributed by atoms with Crippen molar-refractivity contribution in [3.63, 3.8) is 0 Å². The topological polar surface area (TPSA) is 89.0 Å². The predicted molar refractivity (Wildman–Crippen MR) is 80.4 cm³/mol. The second-order valence-corrected chi connectivity index (χ2v) is 6.50. The van der Waals surface area contributed by atoms with Crippen molar-refractivity contribution in [2.24, 2.45) is 7.05 Å². The number of rotatable bonds is 8. The molecule has 21 heavy (non-hydrogen) atoms. The lowest BCUT2D eigenvalue weighted by Gasteiger charge is -2.28. The first-order valence-electron chi connectivity index (χ1n) is 7.15. The van der Waals surface area contributed by atoms with Gasteiger partial charge in [-0.2, -0.15) is 0 Å². The van der Waals surface area contributed by atoms with E-state index in [1.807, 2.05) is 13.8 Å². The van der Waals surface area contributed by atoms with Crippen LogP contribution in [0.25, 0.3) is 0 Å². The molecule has 0 bridgehead atoms. The van der Waals surface area contributed by atoms with Crippen LogP contribution < -0.4 is 11.0 Å². The lowest BCUT2D eigenvalue weighted by molar-refractivity contribution is -0.150. The third-order valence-corrected chi connectivity index (χ3v) is 4.53. The minimum atomic E-state index is -0.681. The molecule has 1 aromatic rings. The molecular weight excluding hydrogens is 292 g/mol. The van der Waals surface area contributed by atoms with Crippen molar-refractivity contribution in [1.82, 2.24) is 20.1 Å². The summed E-state index contributed by atoms with van der Waals surface area (Å²) in [6.07, 6.45) is 2.83. The lowest BCUT2D eigenvalue weighted by Crippen LogP contribution is -2.52. The minimum Gasteiger partial charge on any atom is -0.465 e. The molecule has 0 spiro atoms. The first-order chi connectivity index (χ1) is 9.96. The molecule has 2 rings (SSSR count). The molecule has 1 heterocycles. The van der Waals surface area contributed by atoms with Crippen LogP contribution in [0.2, 0.25) is 0 Å². The van der Waals surface area contributed by atoms with Crippen LogP contribution >= 0.6 is 11.8 Å². The molecule has 0 radical (unpaired) electrons. The first-order valence-corrected chi connectivity index (χ1v) is 8.14. The molecule has 0 aromatic carbocycles. The summed E-state index contributed by atoms with van der Waals surface area (Å²) < 4.78 is 6.64. The molecule has 0 amide bonds. The number of aromatic nitrogens is 3. The van der Waals surface area contributed by atoms with E-state index in [1.165, 1.54) is 16.3 Å². The Morgan fingerprint density at radius 3 is 2.86 bits per heavy atom. The average Bonchev–Trinajstić information content (AvgIpc) is 3.19. The molecule has 1 saturated carbocycles. The van der Waals surface area contributed by atoms with Gasteiger partial charge in [0.05, 0.1) is 6.61 Å².